The SMILES string of the molecule is COc1cc(N=Nc2ccc(N=Nc3ccc4cc(S(=O)(=O)O)cc(S(=O)(=O)O)c4c3)c(C)c2)c(C)cc1NC(=O)c1ccc(NC(=O)c2ccc(N)cc2)cc1.[Na+]. The summed E-state index contributed by atoms with van der Waals surface area (Å²) in [7, 11) is -8.17. The number of carbonyl (C=O) groups is 2. The number of benzene rings is 6. The Morgan fingerprint density at radius 2 is 1.21 bits per heavy atom. The fourth-order valence-electron chi connectivity index (χ4n) is 5.54. The van der Waals surface area contributed by atoms with Gasteiger partial charge in [-0.25, -0.2) is 0 Å². The van der Waals surface area contributed by atoms with Crippen molar-refractivity contribution >= 4 is 82.6 Å². The minimum Gasteiger partial charge on any atom is -0.494 e. The minimum atomic E-state index is -4.87. The van der Waals surface area contributed by atoms with Gasteiger partial charge in [0, 0.05) is 34.0 Å². The normalized spacial score (nSPS) is 11.7. The molecule has 6 aromatic carbocycles. The molecule has 0 saturated heterocycles. The van der Waals surface area contributed by atoms with E-state index in [1.54, 1.807) is 92.7 Å². The van der Waals surface area contributed by atoms with E-state index in [1.165, 1.54) is 25.3 Å². The van der Waals surface area contributed by atoms with Crippen molar-refractivity contribution in [3.8, 4) is 5.75 Å². The molecule has 0 heterocycles. The van der Waals surface area contributed by atoms with Crippen LogP contribution in [0.3, 0.4) is 0 Å². The molecule has 0 radical (unpaired) electrons. The van der Waals surface area contributed by atoms with E-state index in [0.717, 1.165) is 6.07 Å². The number of nitrogens with one attached hydrogen (secondary N) is 2. The number of anilines is 3. The van der Waals surface area contributed by atoms with Crippen LogP contribution < -0.4 is 50.7 Å². The molecule has 0 fully saturated rings. The molecule has 0 aromatic heterocycles. The third kappa shape index (κ3) is 10.4. The molecule has 6 rings (SSSR count). The van der Waals surface area contributed by atoms with Crippen molar-refractivity contribution in [2.24, 2.45) is 20.5 Å². The summed E-state index contributed by atoms with van der Waals surface area (Å²) in [5.74, 6) is -0.368. The van der Waals surface area contributed by atoms with Crippen molar-refractivity contribution in [3.63, 3.8) is 0 Å². The number of fused-ring (bicyclic) bond motifs is 1. The van der Waals surface area contributed by atoms with Gasteiger partial charge in [-0.05, 0) is 127 Å². The van der Waals surface area contributed by atoms with E-state index in [9.17, 15) is 35.5 Å². The Morgan fingerprint density at radius 3 is 1.81 bits per heavy atom. The monoisotopic (exact) mass is 830 g/mol. The van der Waals surface area contributed by atoms with Crippen LogP contribution in [0, 0.1) is 13.8 Å². The second-order valence-electron chi connectivity index (χ2n) is 12.6. The summed E-state index contributed by atoms with van der Waals surface area (Å²) in [5, 5.41) is 22.9. The van der Waals surface area contributed by atoms with Crippen LogP contribution in [0.25, 0.3) is 10.8 Å². The largest absolute Gasteiger partial charge is 1.00 e. The van der Waals surface area contributed by atoms with Gasteiger partial charge in [0.05, 0.1) is 40.4 Å². The average molecular weight is 831 g/mol. The van der Waals surface area contributed by atoms with E-state index in [-0.39, 0.29) is 51.9 Å². The number of azo groups is 2. The number of methoxy groups -OCH3 is 1. The summed E-state index contributed by atoms with van der Waals surface area (Å²) >= 11 is 0. The molecule has 0 aliphatic heterocycles. The van der Waals surface area contributed by atoms with Crippen LogP contribution in [-0.2, 0) is 20.2 Å². The summed E-state index contributed by atoms with van der Waals surface area (Å²) in [6.45, 7) is 3.58. The zero-order chi connectivity index (χ0) is 41.1. The maximum absolute atomic E-state index is 13.1. The number of nitrogen functional groups attached to an aromatic ring is 1. The van der Waals surface area contributed by atoms with Gasteiger partial charge in [0.15, 0.2) is 0 Å². The van der Waals surface area contributed by atoms with Crippen molar-refractivity contribution in [2.45, 2.75) is 23.6 Å². The second-order valence-corrected chi connectivity index (χ2v) is 15.4. The molecule has 0 atom stereocenters. The zero-order valence-corrected chi connectivity index (χ0v) is 35.0. The van der Waals surface area contributed by atoms with E-state index in [2.05, 4.69) is 31.1 Å². The van der Waals surface area contributed by atoms with E-state index >= 15 is 0 Å². The van der Waals surface area contributed by atoms with Crippen LogP contribution >= 0.6 is 0 Å². The molecule has 58 heavy (non-hydrogen) atoms. The minimum absolute atomic E-state index is 0. The topological polar surface area (TPSA) is 252 Å². The standard InChI is InChI=1S/C39H33N7O9S2.Na/c1-22-16-29(14-15-33(22)45-44-30-13-8-26-18-31(56(49,50)51)20-37(32(26)19-30)57(52,53)54)43-46-34-21-36(55-3)35(17-23(34)2)42-39(48)25-6-11-28(12-7-25)41-38(47)24-4-9-27(40)10-5-24;/h4-21H,40H2,1-3H3,(H,41,47)(H,42,48)(H,49,50,51)(H,52,53,54);/q;+1. The molecule has 0 saturated carbocycles. The quantitative estimate of drug-likeness (QED) is 0.0449. The van der Waals surface area contributed by atoms with Gasteiger partial charge in [-0.15, -0.1) is 0 Å². The number of aryl methyl sites for hydroxylation is 2. The summed E-state index contributed by atoms with van der Waals surface area (Å²) in [6.07, 6.45) is 0. The molecule has 0 bridgehead atoms. The third-order valence-corrected chi connectivity index (χ3v) is 10.2. The van der Waals surface area contributed by atoms with Crippen LogP contribution in [0.2, 0.25) is 0 Å². The molecule has 19 heteroatoms. The van der Waals surface area contributed by atoms with E-state index in [1.807, 2.05) is 0 Å². The number of nitrogens with two attached hydrogens (primary N) is 1. The predicted octanol–water partition coefficient (Wildman–Crippen LogP) is 5.88. The first kappa shape index (κ1) is 43.3. The van der Waals surface area contributed by atoms with Crippen molar-refractivity contribution in [1.82, 2.24) is 0 Å². The molecular formula is C39H33N7NaO9S2+. The fourth-order valence-corrected chi connectivity index (χ4v) is 6.88. The van der Waals surface area contributed by atoms with Crippen LogP contribution in [0.15, 0.2) is 139 Å². The Bertz CT molecular complexity index is 2850. The van der Waals surface area contributed by atoms with Gasteiger partial charge in [0.25, 0.3) is 32.1 Å². The maximum atomic E-state index is 13.1. The van der Waals surface area contributed by atoms with Crippen molar-refractivity contribution in [3.05, 3.63) is 131 Å². The van der Waals surface area contributed by atoms with Crippen molar-refractivity contribution in [1.29, 1.82) is 0 Å². The van der Waals surface area contributed by atoms with E-state index < -0.39 is 35.9 Å². The first-order valence-corrected chi connectivity index (χ1v) is 19.6. The summed E-state index contributed by atoms with van der Waals surface area (Å²) in [6, 6.07) is 27.2. The molecule has 16 nitrogen and oxygen atoms in total. The number of nitrogens with zero attached hydrogens (tertiary/aromatic N) is 4. The van der Waals surface area contributed by atoms with Gasteiger partial charge in [-0.2, -0.15) is 37.3 Å². The first-order valence-electron chi connectivity index (χ1n) is 16.7. The number of carbonyl (C=O) groups excluding carboxylic acids is 2. The molecule has 0 unspecified atom stereocenters. The Morgan fingerprint density at radius 1 is 0.638 bits per heavy atom. The third-order valence-electron chi connectivity index (χ3n) is 8.52. The van der Waals surface area contributed by atoms with Gasteiger partial charge in [-0.1, -0.05) is 6.07 Å². The summed E-state index contributed by atoms with van der Waals surface area (Å²) in [5.41, 5.74) is 11.0. The molecule has 2 amide bonds. The van der Waals surface area contributed by atoms with Crippen LogP contribution in [0.5, 0.6) is 5.75 Å². The van der Waals surface area contributed by atoms with Crippen LogP contribution in [0.1, 0.15) is 31.8 Å². The summed E-state index contributed by atoms with van der Waals surface area (Å²) in [4.78, 5) is 24.2. The first-order chi connectivity index (χ1) is 27.0. The number of amides is 2. The smallest absolute Gasteiger partial charge is 0.494 e. The zero-order valence-electron chi connectivity index (χ0n) is 31.3. The van der Waals surface area contributed by atoms with Gasteiger partial charge in [-0.3, -0.25) is 18.7 Å². The van der Waals surface area contributed by atoms with Crippen LogP contribution in [0.4, 0.5) is 39.8 Å². The molecule has 6 N–H and O–H groups in total. The Kier molecular flexibility index (Phi) is 13.2. The molecule has 0 aliphatic carbocycles. The van der Waals surface area contributed by atoms with E-state index in [4.69, 9.17) is 10.5 Å². The van der Waals surface area contributed by atoms with Gasteiger partial charge in [0.2, 0.25) is 0 Å². The number of hydrogen-bond acceptors (Lipinski definition) is 12. The average Bonchev–Trinajstić information content (AvgIpc) is 3.16. The fraction of sp³-hybridized carbons (Fsp3) is 0.0769. The predicted molar refractivity (Wildman–Crippen MR) is 214 cm³/mol. The number of rotatable bonds is 11. The van der Waals surface area contributed by atoms with E-state index in [0.29, 0.717) is 68.2 Å². The van der Waals surface area contributed by atoms with Gasteiger partial charge < -0.3 is 21.1 Å². The number of hydrogen-bond donors (Lipinski definition) is 5. The molecule has 0 spiro atoms. The van der Waals surface area contributed by atoms with Crippen LogP contribution in [-0.4, -0.2) is 44.9 Å². The molecule has 290 valence electrons. The Hall–Kier alpha value is -5.86. The maximum Gasteiger partial charge on any atom is 1.00 e. The molecule has 6 aromatic rings. The van der Waals surface area contributed by atoms with Gasteiger partial charge >= 0.3 is 29.6 Å². The van der Waals surface area contributed by atoms with Gasteiger partial charge in [0.1, 0.15) is 10.6 Å². The van der Waals surface area contributed by atoms with Crippen molar-refractivity contribution < 1.29 is 69.8 Å². The Balaban J connectivity index is 0.00000641. The van der Waals surface area contributed by atoms with Crippen molar-refractivity contribution in [2.75, 3.05) is 23.5 Å². The number of ether oxygens (including phenoxy) is 1. The summed E-state index contributed by atoms with van der Waals surface area (Å²) < 4.78 is 72.0. The molecule has 0 aliphatic rings. The Labute approximate surface area is 355 Å². The molecular weight excluding hydrogens is 798 g/mol. The second kappa shape index (κ2) is 17.7.